The Morgan fingerprint density at radius 1 is 0.806 bits per heavy atom. The van der Waals surface area contributed by atoms with E-state index in [9.17, 15) is 9.59 Å². The van der Waals surface area contributed by atoms with Gasteiger partial charge in [-0.2, -0.15) is 0 Å². The lowest BCUT2D eigenvalue weighted by Gasteiger charge is -2.16. The van der Waals surface area contributed by atoms with Crippen LogP contribution in [0.25, 0.3) is 11.1 Å². The average Bonchev–Trinajstić information content (AvgIpc) is 2.88. The van der Waals surface area contributed by atoms with Gasteiger partial charge in [-0.25, -0.2) is 0 Å². The summed E-state index contributed by atoms with van der Waals surface area (Å²) in [7, 11) is 0. The molecule has 0 saturated heterocycles. The molecule has 0 atom stereocenters. The van der Waals surface area contributed by atoms with Gasteiger partial charge < -0.3 is 31.6 Å². The Morgan fingerprint density at radius 2 is 1.39 bits per heavy atom. The zero-order valence-electron chi connectivity index (χ0n) is 20.9. The third-order valence-electron chi connectivity index (χ3n) is 5.28. The summed E-state index contributed by atoms with van der Waals surface area (Å²) < 4.78 is 11.7. The van der Waals surface area contributed by atoms with Crippen LogP contribution in [0.2, 0.25) is 0 Å². The zero-order valence-corrected chi connectivity index (χ0v) is 20.9. The Hall–Kier alpha value is -3.62. The van der Waals surface area contributed by atoms with Crippen LogP contribution in [0.1, 0.15) is 24.0 Å². The van der Waals surface area contributed by atoms with Crippen molar-refractivity contribution in [2.24, 2.45) is 11.5 Å². The molecule has 0 aromatic heterocycles. The van der Waals surface area contributed by atoms with Gasteiger partial charge in [-0.1, -0.05) is 24.3 Å². The fourth-order valence-electron chi connectivity index (χ4n) is 3.47. The highest BCUT2D eigenvalue weighted by molar-refractivity contribution is 5.79. The van der Waals surface area contributed by atoms with Crippen LogP contribution in [0, 0.1) is 0 Å². The lowest BCUT2D eigenvalue weighted by atomic mass is 9.97. The molecule has 0 saturated carbocycles. The molecule has 0 bridgehead atoms. The topological polar surface area (TPSA) is 129 Å². The van der Waals surface area contributed by atoms with Gasteiger partial charge in [0.05, 0.1) is 0 Å². The summed E-state index contributed by atoms with van der Waals surface area (Å²) in [5.41, 5.74) is 14.6. The van der Waals surface area contributed by atoms with Gasteiger partial charge in [-0.05, 0) is 79.7 Å². The number of carbonyl (C=O) groups is 2. The average molecular weight is 495 g/mol. The molecule has 2 amide bonds. The first-order valence-electron chi connectivity index (χ1n) is 12.2. The van der Waals surface area contributed by atoms with Crippen LogP contribution in [0.15, 0.2) is 61.7 Å². The molecule has 8 nitrogen and oxygen atoms in total. The number of benzene rings is 2. The van der Waals surface area contributed by atoms with Crippen LogP contribution in [0.5, 0.6) is 11.5 Å². The first kappa shape index (κ1) is 28.6. The van der Waals surface area contributed by atoms with E-state index in [1.165, 1.54) is 0 Å². The van der Waals surface area contributed by atoms with Crippen molar-refractivity contribution in [2.75, 3.05) is 39.4 Å². The Kier molecular flexibility index (Phi) is 12.8. The van der Waals surface area contributed by atoms with E-state index >= 15 is 0 Å². The molecule has 2 aromatic rings. The van der Waals surface area contributed by atoms with Gasteiger partial charge in [0.15, 0.2) is 13.2 Å². The van der Waals surface area contributed by atoms with Gasteiger partial charge in [0.1, 0.15) is 11.5 Å². The molecular formula is C28H38N4O4. The summed E-state index contributed by atoms with van der Waals surface area (Å²) in [6.07, 6.45) is 6.31. The van der Waals surface area contributed by atoms with Gasteiger partial charge in [0, 0.05) is 18.7 Å². The number of hydrogen-bond acceptors (Lipinski definition) is 6. The van der Waals surface area contributed by atoms with Crippen LogP contribution in [-0.2, 0) is 22.4 Å². The largest absolute Gasteiger partial charge is 0.483 e. The number of amides is 2. The Bertz CT molecular complexity index is 1020. The van der Waals surface area contributed by atoms with Crippen molar-refractivity contribution >= 4 is 11.8 Å². The smallest absolute Gasteiger partial charge is 0.257 e. The van der Waals surface area contributed by atoms with Crippen LogP contribution in [-0.4, -0.2) is 51.2 Å². The third-order valence-corrected chi connectivity index (χ3v) is 5.28. The molecule has 0 fully saturated rings. The zero-order chi connectivity index (χ0) is 26.2. The highest BCUT2D eigenvalue weighted by Gasteiger charge is 2.13. The van der Waals surface area contributed by atoms with Crippen molar-refractivity contribution in [3.63, 3.8) is 0 Å². The van der Waals surface area contributed by atoms with Gasteiger partial charge >= 0.3 is 0 Å². The molecule has 36 heavy (non-hydrogen) atoms. The Labute approximate surface area is 213 Å². The first-order valence-corrected chi connectivity index (χ1v) is 12.2. The SMILES string of the molecule is C=CCc1ccc(OCC(=O)NCCCN)c(-c2ccc(OCC(=O)NCCCN)c(CC=C)c2)c1. The molecule has 0 aliphatic heterocycles. The molecule has 0 aliphatic carbocycles. The number of carbonyl (C=O) groups excluding carboxylic acids is 2. The number of ether oxygens (including phenoxy) is 2. The second kappa shape index (κ2) is 16.1. The van der Waals surface area contributed by atoms with E-state index in [1.807, 2.05) is 42.5 Å². The fourth-order valence-corrected chi connectivity index (χ4v) is 3.47. The standard InChI is InChI=1S/C28H38N4O4/c1-3-7-21-9-11-26(36-20-28(34)32-16-6-14-30)24(17-21)22-10-12-25(23(18-22)8-4-2)35-19-27(33)31-15-5-13-29/h3-4,9-12,17-18H,1-2,5-8,13-16,19-20,29-30H2,(H,31,33)(H,32,34). The molecule has 0 spiro atoms. The number of nitrogens with two attached hydrogens (primary N) is 2. The molecule has 0 unspecified atom stereocenters. The molecule has 0 aliphatic rings. The van der Waals surface area contributed by atoms with E-state index in [-0.39, 0.29) is 25.0 Å². The summed E-state index contributed by atoms with van der Waals surface area (Å²) in [6.45, 7) is 9.55. The number of allylic oxidation sites excluding steroid dienone is 2. The fraction of sp³-hybridized carbons (Fsp3) is 0.357. The van der Waals surface area contributed by atoms with Gasteiger partial charge in [0.25, 0.3) is 11.8 Å². The van der Waals surface area contributed by atoms with E-state index in [0.29, 0.717) is 63.4 Å². The molecule has 8 heteroatoms. The van der Waals surface area contributed by atoms with Crippen molar-refractivity contribution in [1.29, 1.82) is 0 Å². The van der Waals surface area contributed by atoms with Crippen LogP contribution in [0.3, 0.4) is 0 Å². The number of hydrogen-bond donors (Lipinski definition) is 4. The minimum Gasteiger partial charge on any atom is -0.483 e. The molecule has 0 radical (unpaired) electrons. The van der Waals surface area contributed by atoms with Crippen molar-refractivity contribution in [3.8, 4) is 22.6 Å². The van der Waals surface area contributed by atoms with Crippen molar-refractivity contribution in [1.82, 2.24) is 10.6 Å². The van der Waals surface area contributed by atoms with E-state index in [4.69, 9.17) is 20.9 Å². The van der Waals surface area contributed by atoms with Crippen molar-refractivity contribution in [2.45, 2.75) is 25.7 Å². The summed E-state index contributed by atoms with van der Waals surface area (Å²) in [5, 5.41) is 5.57. The van der Waals surface area contributed by atoms with E-state index in [0.717, 1.165) is 22.3 Å². The summed E-state index contributed by atoms with van der Waals surface area (Å²) >= 11 is 0. The third kappa shape index (κ3) is 9.56. The molecule has 2 aromatic carbocycles. The lowest BCUT2D eigenvalue weighted by Crippen LogP contribution is -2.30. The maximum absolute atomic E-state index is 12.1. The maximum atomic E-state index is 12.1. The maximum Gasteiger partial charge on any atom is 0.257 e. The summed E-state index contributed by atoms with van der Waals surface area (Å²) in [5.74, 6) is 0.797. The van der Waals surface area contributed by atoms with Crippen LogP contribution in [0.4, 0.5) is 0 Å². The van der Waals surface area contributed by atoms with E-state index in [1.54, 1.807) is 6.08 Å². The van der Waals surface area contributed by atoms with E-state index in [2.05, 4.69) is 23.8 Å². The minimum atomic E-state index is -0.203. The molecule has 2 rings (SSSR count). The highest BCUT2D eigenvalue weighted by Crippen LogP contribution is 2.34. The van der Waals surface area contributed by atoms with Crippen LogP contribution >= 0.6 is 0 Å². The normalized spacial score (nSPS) is 10.4. The van der Waals surface area contributed by atoms with Gasteiger partial charge in [-0.3, -0.25) is 9.59 Å². The molecule has 6 N–H and O–H groups in total. The highest BCUT2D eigenvalue weighted by atomic mass is 16.5. The quantitative estimate of drug-likeness (QED) is 0.198. The Balaban J connectivity index is 2.25. The Morgan fingerprint density at radius 3 is 1.97 bits per heavy atom. The second-order valence-corrected chi connectivity index (χ2v) is 8.20. The van der Waals surface area contributed by atoms with Gasteiger partial charge in [0.2, 0.25) is 0 Å². The molecule has 194 valence electrons. The summed E-state index contributed by atoms with van der Waals surface area (Å²) in [6, 6.07) is 11.6. The molecule has 0 heterocycles. The van der Waals surface area contributed by atoms with Crippen molar-refractivity contribution < 1.29 is 19.1 Å². The van der Waals surface area contributed by atoms with Gasteiger partial charge in [-0.15, -0.1) is 13.2 Å². The van der Waals surface area contributed by atoms with Crippen molar-refractivity contribution in [3.05, 3.63) is 72.8 Å². The van der Waals surface area contributed by atoms with E-state index < -0.39 is 0 Å². The molecular weight excluding hydrogens is 456 g/mol. The monoisotopic (exact) mass is 494 g/mol. The lowest BCUT2D eigenvalue weighted by molar-refractivity contribution is -0.123. The minimum absolute atomic E-state index is 0.0868. The summed E-state index contributed by atoms with van der Waals surface area (Å²) in [4.78, 5) is 24.2. The first-order chi connectivity index (χ1) is 17.5. The predicted molar refractivity (Wildman–Crippen MR) is 144 cm³/mol. The number of rotatable bonds is 17. The predicted octanol–water partition coefficient (Wildman–Crippen LogP) is 2.50. The second-order valence-electron chi connectivity index (χ2n) is 8.20. The number of nitrogens with one attached hydrogen (secondary N) is 2. The van der Waals surface area contributed by atoms with Crippen LogP contribution < -0.4 is 31.6 Å².